The summed E-state index contributed by atoms with van der Waals surface area (Å²) in [5, 5.41) is 3.04. The van der Waals surface area contributed by atoms with Gasteiger partial charge >= 0.3 is 11.9 Å². The van der Waals surface area contributed by atoms with Gasteiger partial charge in [0.15, 0.2) is 11.5 Å². The summed E-state index contributed by atoms with van der Waals surface area (Å²) in [6.07, 6.45) is 0. The van der Waals surface area contributed by atoms with Crippen molar-refractivity contribution in [2.24, 2.45) is 5.92 Å². The third-order valence-electron chi connectivity index (χ3n) is 4.56. The molecule has 7 heteroatoms. The van der Waals surface area contributed by atoms with Crippen LogP contribution >= 0.6 is 0 Å². The molecule has 0 saturated carbocycles. The summed E-state index contributed by atoms with van der Waals surface area (Å²) < 4.78 is 21.3. The number of ether oxygens (including phenoxy) is 4. The van der Waals surface area contributed by atoms with Crippen molar-refractivity contribution in [1.82, 2.24) is 5.32 Å². The van der Waals surface area contributed by atoms with E-state index in [4.69, 9.17) is 18.9 Å². The highest BCUT2D eigenvalue weighted by molar-refractivity contribution is 5.94. The van der Waals surface area contributed by atoms with Crippen molar-refractivity contribution in [1.29, 1.82) is 0 Å². The number of esters is 2. The Morgan fingerprint density at radius 3 is 2.59 bits per heavy atom. The summed E-state index contributed by atoms with van der Waals surface area (Å²) in [7, 11) is 0. The fourth-order valence-corrected chi connectivity index (χ4v) is 3.45. The van der Waals surface area contributed by atoms with Crippen molar-refractivity contribution in [3.05, 3.63) is 47.3 Å². The number of hydrogen-bond donors (Lipinski definition) is 1. The molecule has 1 N–H and O–H groups in total. The minimum Gasteiger partial charge on any atom is -0.465 e. The lowest BCUT2D eigenvalue weighted by Gasteiger charge is -2.35. The molecule has 7 nitrogen and oxygen atoms in total. The summed E-state index contributed by atoms with van der Waals surface area (Å²) in [5.74, 6) is -1.11. The second kappa shape index (κ2) is 7.73. The molecular weight excluding hydrogens is 350 g/mol. The van der Waals surface area contributed by atoms with Crippen molar-refractivity contribution < 1.29 is 28.5 Å². The molecule has 0 fully saturated rings. The number of benzene rings is 1. The number of rotatable bonds is 5. The Bertz CT molecular complexity index is 813. The third kappa shape index (κ3) is 3.49. The number of fused-ring (bicyclic) bond motifs is 1. The van der Waals surface area contributed by atoms with Crippen molar-refractivity contribution in [2.75, 3.05) is 20.0 Å². The zero-order valence-corrected chi connectivity index (χ0v) is 15.7. The number of carbonyl (C=O) groups excluding carboxylic acids is 2. The predicted octanol–water partition coefficient (Wildman–Crippen LogP) is 2.63. The number of allylic oxidation sites excluding steroid dienone is 1. The van der Waals surface area contributed by atoms with Gasteiger partial charge in [0.05, 0.1) is 18.8 Å². The van der Waals surface area contributed by atoms with Crippen molar-refractivity contribution >= 4 is 11.9 Å². The molecule has 0 amide bonds. The van der Waals surface area contributed by atoms with E-state index in [0.29, 0.717) is 28.5 Å². The van der Waals surface area contributed by atoms with Crippen LogP contribution in [0.15, 0.2) is 41.7 Å². The van der Waals surface area contributed by atoms with E-state index in [-0.39, 0.29) is 20.0 Å². The highest BCUT2D eigenvalue weighted by atomic mass is 16.7. The molecule has 1 aromatic carbocycles. The zero-order chi connectivity index (χ0) is 19.6. The maximum Gasteiger partial charge on any atom is 0.336 e. The van der Waals surface area contributed by atoms with Crippen molar-refractivity contribution in [3.63, 3.8) is 0 Å². The molecule has 0 aromatic heterocycles. The van der Waals surface area contributed by atoms with Gasteiger partial charge in [0.25, 0.3) is 0 Å². The first-order valence-electron chi connectivity index (χ1n) is 8.87. The molecule has 0 saturated heterocycles. The Balaban J connectivity index is 2.12. The number of hydrogen-bond acceptors (Lipinski definition) is 7. The van der Waals surface area contributed by atoms with Crippen molar-refractivity contribution in [2.45, 2.75) is 26.7 Å². The van der Waals surface area contributed by atoms with Gasteiger partial charge in [-0.1, -0.05) is 12.6 Å². The van der Waals surface area contributed by atoms with Gasteiger partial charge in [0.1, 0.15) is 5.92 Å². The summed E-state index contributed by atoms with van der Waals surface area (Å²) in [4.78, 5) is 25.4. The van der Waals surface area contributed by atoms with Crippen LogP contribution in [0.4, 0.5) is 0 Å². The van der Waals surface area contributed by atoms with Crippen LogP contribution < -0.4 is 14.8 Å². The zero-order valence-electron chi connectivity index (χ0n) is 15.7. The van der Waals surface area contributed by atoms with Gasteiger partial charge in [-0.05, 0) is 38.5 Å². The smallest absolute Gasteiger partial charge is 0.336 e. The Kier molecular flexibility index (Phi) is 5.39. The highest BCUT2D eigenvalue weighted by Gasteiger charge is 2.43. The van der Waals surface area contributed by atoms with Crippen LogP contribution in [-0.4, -0.2) is 31.9 Å². The van der Waals surface area contributed by atoms with E-state index in [9.17, 15) is 9.59 Å². The van der Waals surface area contributed by atoms with E-state index in [1.807, 2.05) is 6.07 Å². The maximum atomic E-state index is 12.7. The minimum atomic E-state index is -0.770. The average Bonchev–Trinajstić information content (AvgIpc) is 3.08. The van der Waals surface area contributed by atoms with Crippen LogP contribution in [0.5, 0.6) is 11.5 Å². The first-order valence-corrected chi connectivity index (χ1v) is 8.87. The van der Waals surface area contributed by atoms with Crippen LogP contribution in [-0.2, 0) is 19.1 Å². The quantitative estimate of drug-likeness (QED) is 0.795. The normalized spacial score (nSPS) is 20.9. The largest absolute Gasteiger partial charge is 0.465 e. The Labute approximate surface area is 157 Å². The lowest BCUT2D eigenvalue weighted by Crippen LogP contribution is -2.39. The molecule has 1 aromatic rings. The SMILES string of the molecule is C=C1NC(C)=C(C(=O)OCC)C(c2ccc3c(c2)OCO3)C1C(=O)OCC. The van der Waals surface area contributed by atoms with E-state index in [0.717, 1.165) is 5.56 Å². The summed E-state index contributed by atoms with van der Waals surface area (Å²) in [6.45, 7) is 9.82. The van der Waals surface area contributed by atoms with E-state index >= 15 is 0 Å². The van der Waals surface area contributed by atoms with Crippen LogP contribution in [0.3, 0.4) is 0 Å². The van der Waals surface area contributed by atoms with Gasteiger partial charge in [-0.3, -0.25) is 4.79 Å². The topological polar surface area (TPSA) is 83.1 Å². The molecule has 2 aliphatic heterocycles. The first kappa shape index (κ1) is 18.8. The standard InChI is InChI=1S/C20H23NO6/c1-5-24-19(22)16-11(3)21-12(4)17(20(23)25-6-2)18(16)13-7-8-14-15(9-13)27-10-26-14/h7-9,16,18,21H,3,5-6,10H2,1-2,4H3. The molecule has 144 valence electrons. The third-order valence-corrected chi connectivity index (χ3v) is 4.56. The van der Waals surface area contributed by atoms with E-state index in [1.165, 1.54) is 0 Å². The molecule has 0 radical (unpaired) electrons. The number of carbonyl (C=O) groups is 2. The van der Waals surface area contributed by atoms with Crippen LogP contribution in [0.1, 0.15) is 32.3 Å². The van der Waals surface area contributed by atoms with Gasteiger partial charge in [-0.25, -0.2) is 4.79 Å². The van der Waals surface area contributed by atoms with E-state index in [1.54, 1.807) is 32.9 Å². The molecule has 0 aliphatic carbocycles. The lowest BCUT2D eigenvalue weighted by molar-refractivity contribution is -0.147. The fourth-order valence-electron chi connectivity index (χ4n) is 3.45. The summed E-state index contributed by atoms with van der Waals surface area (Å²) >= 11 is 0. The molecule has 0 spiro atoms. The van der Waals surface area contributed by atoms with Crippen molar-refractivity contribution in [3.8, 4) is 11.5 Å². The first-order chi connectivity index (χ1) is 13.0. The Morgan fingerprint density at radius 2 is 1.89 bits per heavy atom. The van der Waals surface area contributed by atoms with Crippen LogP contribution in [0.2, 0.25) is 0 Å². The maximum absolute atomic E-state index is 12.7. The molecule has 2 aliphatic rings. The molecule has 3 rings (SSSR count). The van der Waals surface area contributed by atoms with Gasteiger partial charge < -0.3 is 24.3 Å². The Morgan fingerprint density at radius 1 is 1.19 bits per heavy atom. The minimum absolute atomic E-state index is 0.138. The van der Waals surface area contributed by atoms with E-state index < -0.39 is 23.8 Å². The fraction of sp³-hybridized carbons (Fsp3) is 0.400. The highest BCUT2D eigenvalue weighted by Crippen LogP contribution is 2.44. The molecule has 2 heterocycles. The van der Waals surface area contributed by atoms with Crippen LogP contribution in [0, 0.1) is 5.92 Å². The van der Waals surface area contributed by atoms with Gasteiger partial charge in [0, 0.05) is 17.3 Å². The molecular formula is C20H23NO6. The average molecular weight is 373 g/mol. The van der Waals surface area contributed by atoms with Crippen LogP contribution in [0.25, 0.3) is 0 Å². The van der Waals surface area contributed by atoms with Gasteiger partial charge in [0.2, 0.25) is 6.79 Å². The second-order valence-electron chi connectivity index (χ2n) is 6.23. The monoisotopic (exact) mass is 373 g/mol. The Hall–Kier alpha value is -2.96. The summed E-state index contributed by atoms with van der Waals surface area (Å²) in [6, 6.07) is 5.36. The molecule has 2 unspecified atom stereocenters. The number of nitrogens with one attached hydrogen (secondary N) is 1. The van der Waals surface area contributed by atoms with Gasteiger partial charge in [-0.2, -0.15) is 0 Å². The molecule has 2 atom stereocenters. The second-order valence-corrected chi connectivity index (χ2v) is 6.23. The summed E-state index contributed by atoms with van der Waals surface area (Å²) in [5.41, 5.74) is 2.17. The predicted molar refractivity (Wildman–Crippen MR) is 97.0 cm³/mol. The molecule has 27 heavy (non-hydrogen) atoms. The lowest BCUT2D eigenvalue weighted by atomic mass is 9.75. The van der Waals surface area contributed by atoms with Gasteiger partial charge in [-0.15, -0.1) is 0 Å². The van der Waals surface area contributed by atoms with E-state index in [2.05, 4.69) is 11.9 Å². The molecule has 0 bridgehead atoms.